The van der Waals surface area contributed by atoms with Gasteiger partial charge < -0.3 is 0 Å². The van der Waals surface area contributed by atoms with E-state index in [1.165, 1.54) is 79.1 Å². The molecule has 10 nitrogen and oxygen atoms in total. The van der Waals surface area contributed by atoms with Crippen molar-refractivity contribution >= 4 is 66.3 Å². The number of aliphatic imine (C=N–C) groups is 1. The molecule has 5 rings (SSSR count). The molecule has 0 fully saturated rings. The Morgan fingerprint density at radius 3 is 1.44 bits per heavy atom. The van der Waals surface area contributed by atoms with Crippen molar-refractivity contribution in [2.75, 3.05) is 0 Å². The molecular formula is C29H18N6O4S4. The lowest BCUT2D eigenvalue weighted by atomic mass is 10.3. The highest BCUT2D eigenvalue weighted by molar-refractivity contribution is 7.91. The van der Waals surface area contributed by atoms with Crippen molar-refractivity contribution in [3.63, 3.8) is 0 Å². The maximum atomic E-state index is 12.6. The van der Waals surface area contributed by atoms with Gasteiger partial charge in [0.1, 0.15) is 6.33 Å². The highest BCUT2D eigenvalue weighted by Crippen LogP contribution is 2.26. The molecule has 0 unspecified atom stereocenters. The third-order valence-electron chi connectivity index (χ3n) is 5.85. The van der Waals surface area contributed by atoms with Crippen molar-refractivity contribution in [3.8, 4) is 5.69 Å². The van der Waals surface area contributed by atoms with Crippen LogP contribution in [0.15, 0.2) is 128 Å². The van der Waals surface area contributed by atoms with E-state index in [4.69, 9.17) is 25.4 Å². The van der Waals surface area contributed by atoms with Crippen LogP contribution in [-0.4, -0.2) is 36.8 Å². The Labute approximate surface area is 258 Å². The van der Waals surface area contributed by atoms with E-state index >= 15 is 0 Å². The summed E-state index contributed by atoms with van der Waals surface area (Å²) in [6.45, 7) is 13.7. The van der Waals surface area contributed by atoms with Crippen LogP contribution in [0.2, 0.25) is 0 Å². The lowest BCUT2D eigenvalue weighted by molar-refractivity contribution is 0.594. The van der Waals surface area contributed by atoms with Crippen LogP contribution in [0, 0.1) is 17.9 Å². The molecule has 1 N–H and O–H groups in total. The van der Waals surface area contributed by atoms with Crippen molar-refractivity contribution in [1.82, 2.24) is 14.8 Å². The molecule has 0 saturated carbocycles. The summed E-state index contributed by atoms with van der Waals surface area (Å²) in [5.41, 5.74) is 2.05. The second-order valence-corrected chi connectivity index (χ2v) is 12.9. The van der Waals surface area contributed by atoms with Gasteiger partial charge >= 0.3 is 0 Å². The molecule has 0 amide bonds. The smallest absolute Gasteiger partial charge is 0.206 e. The van der Waals surface area contributed by atoms with Gasteiger partial charge in [0.15, 0.2) is 16.1 Å². The summed E-state index contributed by atoms with van der Waals surface area (Å²) in [7, 11) is -7.21. The van der Waals surface area contributed by atoms with Gasteiger partial charge in [-0.05, 0) is 73.0 Å². The fourth-order valence-electron chi connectivity index (χ4n) is 3.64. The van der Waals surface area contributed by atoms with Crippen LogP contribution in [-0.2, 0) is 19.7 Å². The Hall–Kier alpha value is -5.08. The van der Waals surface area contributed by atoms with Gasteiger partial charge in [0.25, 0.3) is 0 Å². The number of hydrogen-bond acceptors (Lipinski definition) is 8. The van der Waals surface area contributed by atoms with E-state index in [1.54, 1.807) is 28.8 Å². The third kappa shape index (κ3) is 7.05. The first-order valence-electron chi connectivity index (χ1n) is 12.0. The molecule has 0 saturated heterocycles. The minimum Gasteiger partial charge on any atom is -0.275 e. The fraction of sp³-hybridized carbons (Fsp3) is 0. The molecule has 5 aromatic rings. The zero-order valence-corrected chi connectivity index (χ0v) is 25.1. The quantitative estimate of drug-likeness (QED) is 0.119. The fourth-order valence-corrected chi connectivity index (χ4v) is 6.47. The van der Waals surface area contributed by atoms with Gasteiger partial charge in [-0.25, -0.2) is 26.5 Å². The van der Waals surface area contributed by atoms with Crippen molar-refractivity contribution in [2.24, 2.45) is 4.99 Å². The molecule has 0 atom stereocenters. The maximum Gasteiger partial charge on any atom is 0.206 e. The summed E-state index contributed by atoms with van der Waals surface area (Å²) >= 11 is 9.56. The molecule has 43 heavy (non-hydrogen) atoms. The molecule has 0 bridgehead atoms. The largest absolute Gasteiger partial charge is 0.275 e. The number of benzene rings is 4. The van der Waals surface area contributed by atoms with E-state index < -0.39 is 19.7 Å². The number of aromatic amines is 1. The van der Waals surface area contributed by atoms with E-state index in [0.29, 0.717) is 27.5 Å². The number of sulfone groups is 2. The molecule has 0 aliphatic rings. The first-order valence-corrected chi connectivity index (χ1v) is 15.7. The maximum absolute atomic E-state index is 12.6. The molecular weight excluding hydrogens is 625 g/mol. The second kappa shape index (κ2) is 13.3. The molecule has 1 aromatic heterocycles. The van der Waals surface area contributed by atoms with Gasteiger partial charge in [0.2, 0.25) is 19.7 Å². The van der Waals surface area contributed by atoms with Crippen LogP contribution in [0.25, 0.3) is 15.4 Å². The molecule has 0 aliphatic carbocycles. The van der Waals surface area contributed by atoms with Crippen LogP contribution >= 0.6 is 24.4 Å². The Morgan fingerprint density at radius 1 is 0.698 bits per heavy atom. The molecule has 0 spiro atoms. The SMILES string of the molecule is [C-]#[N+]c1ccc(S(=O)(=O)c2ccc(-n3cn[nH]c3=S)cc2)cc1.[C-]#[N+]c1ccc(S(=O)(=O)c2ccc(N=C=S)cc2)cc1. The summed E-state index contributed by atoms with van der Waals surface area (Å²) in [6.07, 6.45) is 1.52. The normalized spacial score (nSPS) is 10.7. The number of thiocarbonyl (C=S) groups is 1. The summed E-state index contributed by atoms with van der Waals surface area (Å²) in [6, 6.07) is 24.0. The average Bonchev–Trinajstić information content (AvgIpc) is 3.47. The molecule has 0 radical (unpaired) electrons. The minimum absolute atomic E-state index is 0.149. The predicted octanol–water partition coefficient (Wildman–Crippen LogP) is 7.12. The topological polar surface area (TPSA) is 123 Å². The first-order chi connectivity index (χ1) is 20.6. The first kappa shape index (κ1) is 30.9. The Morgan fingerprint density at radius 2 is 1.09 bits per heavy atom. The Kier molecular flexibility index (Phi) is 9.52. The van der Waals surface area contributed by atoms with E-state index in [-0.39, 0.29) is 19.6 Å². The lowest BCUT2D eigenvalue weighted by Crippen LogP contribution is -2.02. The van der Waals surface area contributed by atoms with Crippen molar-refractivity contribution < 1.29 is 16.8 Å². The molecule has 212 valence electrons. The van der Waals surface area contributed by atoms with E-state index in [9.17, 15) is 16.8 Å². The number of nitrogens with zero attached hydrogens (tertiary/aromatic N) is 5. The number of nitrogens with one attached hydrogen (secondary N) is 1. The monoisotopic (exact) mass is 642 g/mol. The average molecular weight is 643 g/mol. The Balaban J connectivity index is 0.000000199. The van der Waals surface area contributed by atoms with Gasteiger partial charge in [0, 0.05) is 5.69 Å². The number of rotatable bonds is 6. The Bertz CT molecular complexity index is 2170. The molecule has 4 aromatic carbocycles. The highest BCUT2D eigenvalue weighted by Gasteiger charge is 2.18. The molecule has 14 heteroatoms. The van der Waals surface area contributed by atoms with E-state index in [2.05, 4.69) is 42.3 Å². The van der Waals surface area contributed by atoms with E-state index in [1.807, 2.05) is 0 Å². The standard InChI is InChI=1S/C15H10N4O2S2.C14H8N2O2S2/c1-16-11-2-6-13(7-3-11)23(20,21)14-8-4-12(5-9-14)19-10-17-18-15(19)22;1-15-11-2-6-13(7-3-11)20(17,18)14-8-4-12(5-9-14)16-10-19/h2-10H,(H,18,22);2-9H. The zero-order chi connectivity index (χ0) is 31.0. The van der Waals surface area contributed by atoms with Crippen molar-refractivity contribution in [2.45, 2.75) is 19.6 Å². The minimum atomic E-state index is -3.62. The summed E-state index contributed by atoms with van der Waals surface area (Å²) in [5, 5.41) is 8.68. The number of H-pyrrole nitrogens is 1. The van der Waals surface area contributed by atoms with Crippen LogP contribution in [0.3, 0.4) is 0 Å². The zero-order valence-electron chi connectivity index (χ0n) is 21.8. The van der Waals surface area contributed by atoms with Gasteiger partial charge in [-0.15, -0.1) is 0 Å². The lowest BCUT2D eigenvalue weighted by Gasteiger charge is -2.06. The number of aromatic nitrogens is 3. The summed E-state index contributed by atoms with van der Waals surface area (Å²) in [4.78, 5) is 10.9. The van der Waals surface area contributed by atoms with Crippen molar-refractivity contribution in [1.29, 1.82) is 0 Å². The van der Waals surface area contributed by atoms with Crippen molar-refractivity contribution in [3.05, 3.63) is 131 Å². The summed E-state index contributed by atoms with van der Waals surface area (Å²) in [5.74, 6) is 0. The molecule has 0 aliphatic heterocycles. The van der Waals surface area contributed by atoms with Crippen LogP contribution in [0.1, 0.15) is 0 Å². The number of isothiocyanates is 1. The summed E-state index contributed by atoms with van der Waals surface area (Å²) < 4.78 is 51.9. The third-order valence-corrected chi connectivity index (χ3v) is 9.80. The van der Waals surface area contributed by atoms with Crippen LogP contribution in [0.5, 0.6) is 0 Å². The van der Waals surface area contributed by atoms with E-state index in [0.717, 1.165) is 0 Å². The second-order valence-electron chi connectivity index (χ2n) is 8.44. The van der Waals surface area contributed by atoms with Gasteiger partial charge in [0.05, 0.1) is 43.6 Å². The highest BCUT2D eigenvalue weighted by atomic mass is 32.2. The van der Waals surface area contributed by atoms with Gasteiger partial charge in [-0.1, -0.05) is 48.5 Å². The molecule has 1 heterocycles. The van der Waals surface area contributed by atoms with Crippen LogP contribution < -0.4 is 0 Å². The van der Waals surface area contributed by atoms with Gasteiger partial charge in [-0.2, -0.15) is 10.1 Å². The number of hydrogen-bond donors (Lipinski definition) is 1. The predicted molar refractivity (Wildman–Crippen MR) is 166 cm³/mol. The van der Waals surface area contributed by atoms with Crippen LogP contribution in [0.4, 0.5) is 17.1 Å². The van der Waals surface area contributed by atoms with Gasteiger partial charge in [-0.3, -0.25) is 9.67 Å².